The molecule has 1 unspecified atom stereocenters. The highest BCUT2D eigenvalue weighted by Gasteiger charge is 2.19. The van der Waals surface area contributed by atoms with Crippen molar-refractivity contribution in [1.29, 1.82) is 0 Å². The summed E-state index contributed by atoms with van der Waals surface area (Å²) in [6.07, 6.45) is 69.2. The first-order chi connectivity index (χ1) is 33.0. The maximum absolute atomic E-state index is 12.9. The van der Waals surface area contributed by atoms with Crippen LogP contribution in [-0.2, 0) is 28.6 Å². The molecule has 0 aliphatic carbocycles. The van der Waals surface area contributed by atoms with Gasteiger partial charge in [-0.3, -0.25) is 14.4 Å². The molecule has 0 rings (SSSR count). The standard InChI is InChI=1S/C61H108O6/c1-4-7-10-13-16-19-22-25-27-29-30-32-33-36-39-42-45-48-51-54-60(63)66-57-58(56-65-59(62)53-50-47-44-41-38-35-24-21-18-15-12-9-6-3)67-61(64)55-52-49-46-43-40-37-34-31-28-26-23-20-17-14-11-8-5-2/h7,10,16,19,25,27,30,32,35,38,58H,4-6,8-9,11-15,17-18,20-24,26,28-29,31,33-34,36-37,39-57H2,1-3H3/b10-7-,19-16-,27-25-,32-30-,38-35-. The highest BCUT2D eigenvalue weighted by Crippen LogP contribution is 2.16. The van der Waals surface area contributed by atoms with Crippen molar-refractivity contribution in [1.82, 2.24) is 0 Å². The first-order valence-corrected chi connectivity index (χ1v) is 28.8. The molecule has 1 atom stereocenters. The van der Waals surface area contributed by atoms with Crippen LogP contribution in [0.2, 0.25) is 0 Å². The van der Waals surface area contributed by atoms with E-state index in [1.54, 1.807) is 0 Å². The zero-order valence-corrected chi connectivity index (χ0v) is 44.4. The third-order valence-corrected chi connectivity index (χ3v) is 12.5. The Bertz CT molecular complexity index is 1210. The summed E-state index contributed by atoms with van der Waals surface area (Å²) in [5, 5.41) is 0. The molecular formula is C61H108O6. The molecule has 0 aromatic carbocycles. The number of carbonyl (C=O) groups excluding carboxylic acids is 3. The molecule has 6 heteroatoms. The van der Waals surface area contributed by atoms with E-state index >= 15 is 0 Å². The normalized spacial score (nSPS) is 12.5. The van der Waals surface area contributed by atoms with E-state index in [1.165, 1.54) is 148 Å². The zero-order valence-electron chi connectivity index (χ0n) is 44.4. The molecule has 0 aliphatic heterocycles. The summed E-state index contributed by atoms with van der Waals surface area (Å²) in [6.45, 7) is 6.52. The topological polar surface area (TPSA) is 78.9 Å². The summed E-state index contributed by atoms with van der Waals surface area (Å²) in [4.78, 5) is 38.1. The Morgan fingerprint density at radius 3 is 0.940 bits per heavy atom. The third-order valence-electron chi connectivity index (χ3n) is 12.5. The quantitative estimate of drug-likeness (QED) is 0.0262. The maximum atomic E-state index is 12.9. The van der Waals surface area contributed by atoms with Crippen molar-refractivity contribution in [3.63, 3.8) is 0 Å². The Hall–Kier alpha value is -2.89. The Morgan fingerprint density at radius 1 is 0.313 bits per heavy atom. The van der Waals surface area contributed by atoms with Crippen LogP contribution in [0.5, 0.6) is 0 Å². The van der Waals surface area contributed by atoms with E-state index in [0.29, 0.717) is 19.3 Å². The van der Waals surface area contributed by atoms with E-state index in [0.717, 1.165) is 103 Å². The molecule has 67 heavy (non-hydrogen) atoms. The van der Waals surface area contributed by atoms with Gasteiger partial charge in [-0.2, -0.15) is 0 Å². The zero-order chi connectivity index (χ0) is 48.6. The number of esters is 3. The molecule has 0 saturated heterocycles. The lowest BCUT2D eigenvalue weighted by Gasteiger charge is -2.18. The van der Waals surface area contributed by atoms with Crippen LogP contribution in [0.1, 0.15) is 290 Å². The third kappa shape index (κ3) is 53.9. The highest BCUT2D eigenvalue weighted by molar-refractivity contribution is 5.71. The molecule has 0 saturated carbocycles. The van der Waals surface area contributed by atoms with Gasteiger partial charge in [0.05, 0.1) is 0 Å². The van der Waals surface area contributed by atoms with E-state index in [2.05, 4.69) is 81.5 Å². The predicted octanol–water partition coefficient (Wildman–Crippen LogP) is 19.2. The second-order valence-electron chi connectivity index (χ2n) is 19.2. The van der Waals surface area contributed by atoms with Crippen LogP contribution >= 0.6 is 0 Å². The highest BCUT2D eigenvalue weighted by atomic mass is 16.6. The van der Waals surface area contributed by atoms with Gasteiger partial charge in [-0.25, -0.2) is 0 Å². The number of unbranched alkanes of at least 4 members (excludes halogenated alkanes) is 31. The molecule has 0 aromatic rings. The summed E-state index contributed by atoms with van der Waals surface area (Å²) in [5.74, 6) is -0.900. The molecule has 0 heterocycles. The van der Waals surface area contributed by atoms with Crippen LogP contribution in [0.25, 0.3) is 0 Å². The van der Waals surface area contributed by atoms with Gasteiger partial charge in [-0.15, -0.1) is 0 Å². The molecule has 388 valence electrons. The van der Waals surface area contributed by atoms with Crippen LogP contribution in [0.3, 0.4) is 0 Å². The molecule has 6 nitrogen and oxygen atoms in total. The molecule has 0 amide bonds. The van der Waals surface area contributed by atoms with Crippen LogP contribution in [0.4, 0.5) is 0 Å². The molecule has 0 fully saturated rings. The van der Waals surface area contributed by atoms with Gasteiger partial charge in [0.15, 0.2) is 6.10 Å². The number of hydrogen-bond acceptors (Lipinski definition) is 6. The van der Waals surface area contributed by atoms with Crippen LogP contribution < -0.4 is 0 Å². The fourth-order valence-corrected chi connectivity index (χ4v) is 8.19. The molecule has 0 N–H and O–H groups in total. The Balaban J connectivity index is 4.38. The van der Waals surface area contributed by atoms with Gasteiger partial charge in [0, 0.05) is 19.3 Å². The van der Waals surface area contributed by atoms with Gasteiger partial charge < -0.3 is 14.2 Å². The summed E-state index contributed by atoms with van der Waals surface area (Å²) < 4.78 is 16.9. The Morgan fingerprint density at radius 2 is 0.582 bits per heavy atom. The summed E-state index contributed by atoms with van der Waals surface area (Å²) in [5.41, 5.74) is 0. The van der Waals surface area contributed by atoms with Gasteiger partial charge in [0.25, 0.3) is 0 Å². The number of allylic oxidation sites excluding steroid dienone is 10. The van der Waals surface area contributed by atoms with Crippen LogP contribution in [-0.4, -0.2) is 37.2 Å². The van der Waals surface area contributed by atoms with E-state index in [1.807, 2.05) is 0 Å². The van der Waals surface area contributed by atoms with Crippen molar-refractivity contribution >= 4 is 17.9 Å². The first-order valence-electron chi connectivity index (χ1n) is 28.8. The lowest BCUT2D eigenvalue weighted by Crippen LogP contribution is -2.30. The summed E-state index contributed by atoms with van der Waals surface area (Å²) in [7, 11) is 0. The molecule has 0 aliphatic rings. The van der Waals surface area contributed by atoms with Crippen LogP contribution in [0, 0.1) is 0 Å². The number of ether oxygens (including phenoxy) is 3. The van der Waals surface area contributed by atoms with Crippen molar-refractivity contribution in [3.8, 4) is 0 Å². The second kappa shape index (κ2) is 55.7. The molecule has 0 radical (unpaired) electrons. The molecule has 0 bridgehead atoms. The lowest BCUT2D eigenvalue weighted by atomic mass is 10.0. The van der Waals surface area contributed by atoms with Crippen molar-refractivity contribution in [3.05, 3.63) is 60.8 Å². The first kappa shape index (κ1) is 64.1. The van der Waals surface area contributed by atoms with Gasteiger partial charge >= 0.3 is 17.9 Å². The molecule has 0 spiro atoms. The average molecular weight is 938 g/mol. The van der Waals surface area contributed by atoms with Gasteiger partial charge in [0.2, 0.25) is 0 Å². The summed E-state index contributed by atoms with van der Waals surface area (Å²) in [6, 6.07) is 0. The Labute approximate surface area is 415 Å². The fourth-order valence-electron chi connectivity index (χ4n) is 8.19. The maximum Gasteiger partial charge on any atom is 0.306 e. The van der Waals surface area contributed by atoms with Crippen molar-refractivity contribution < 1.29 is 28.6 Å². The van der Waals surface area contributed by atoms with Crippen molar-refractivity contribution in [2.24, 2.45) is 0 Å². The number of rotatable bonds is 52. The van der Waals surface area contributed by atoms with Crippen molar-refractivity contribution in [2.75, 3.05) is 13.2 Å². The predicted molar refractivity (Wildman–Crippen MR) is 288 cm³/mol. The minimum Gasteiger partial charge on any atom is -0.462 e. The smallest absolute Gasteiger partial charge is 0.306 e. The number of carbonyl (C=O) groups is 3. The minimum atomic E-state index is -0.784. The number of hydrogen-bond donors (Lipinski definition) is 0. The van der Waals surface area contributed by atoms with Crippen molar-refractivity contribution in [2.45, 2.75) is 297 Å². The SMILES string of the molecule is CC/C=C\C/C=C\C/C=C\C/C=C\CCCCCCCCC(=O)OCC(COC(=O)CCCCC/C=C\CCCCCCCC)OC(=O)CCCCCCCCCCCCCCCCCCC. The minimum absolute atomic E-state index is 0.0841. The largest absolute Gasteiger partial charge is 0.462 e. The monoisotopic (exact) mass is 937 g/mol. The Kier molecular flexibility index (Phi) is 53.3. The van der Waals surface area contributed by atoms with E-state index in [-0.39, 0.29) is 31.1 Å². The lowest BCUT2D eigenvalue weighted by molar-refractivity contribution is -0.167. The van der Waals surface area contributed by atoms with E-state index < -0.39 is 6.10 Å². The average Bonchev–Trinajstić information content (AvgIpc) is 3.33. The molecular weight excluding hydrogens is 829 g/mol. The van der Waals surface area contributed by atoms with Gasteiger partial charge in [0.1, 0.15) is 13.2 Å². The van der Waals surface area contributed by atoms with Crippen LogP contribution in [0.15, 0.2) is 60.8 Å². The van der Waals surface area contributed by atoms with Gasteiger partial charge in [-0.1, -0.05) is 248 Å². The fraction of sp³-hybridized carbons (Fsp3) is 0.787. The van der Waals surface area contributed by atoms with E-state index in [4.69, 9.17) is 14.2 Å². The van der Waals surface area contributed by atoms with Gasteiger partial charge in [-0.05, 0) is 83.5 Å². The second-order valence-corrected chi connectivity index (χ2v) is 19.2. The van der Waals surface area contributed by atoms with E-state index in [9.17, 15) is 14.4 Å². The summed E-state index contributed by atoms with van der Waals surface area (Å²) >= 11 is 0. The molecule has 0 aromatic heterocycles.